The first-order valence-corrected chi connectivity index (χ1v) is 7.35. The minimum absolute atomic E-state index is 0.194. The lowest BCUT2D eigenvalue weighted by atomic mass is 10.1. The van der Waals surface area contributed by atoms with Gasteiger partial charge in [-0.3, -0.25) is 4.79 Å². The zero-order chi connectivity index (χ0) is 14.5. The zero-order valence-corrected chi connectivity index (χ0v) is 12.8. The number of anilines is 1. The van der Waals surface area contributed by atoms with E-state index in [1.54, 1.807) is 11.3 Å². The molecule has 1 aromatic carbocycles. The van der Waals surface area contributed by atoms with Crippen LogP contribution in [0.5, 0.6) is 0 Å². The molecule has 1 aromatic heterocycles. The lowest BCUT2D eigenvalue weighted by molar-refractivity contribution is -0.139. The lowest BCUT2D eigenvalue weighted by Gasteiger charge is -2.07. The Labute approximate surface area is 123 Å². The third-order valence-electron chi connectivity index (χ3n) is 2.95. The summed E-state index contributed by atoms with van der Waals surface area (Å²) in [6.45, 7) is 4.96. The molecule has 2 aromatic rings. The van der Waals surface area contributed by atoms with Gasteiger partial charge in [-0.25, -0.2) is 0 Å². The fourth-order valence-electron chi connectivity index (χ4n) is 2.09. The van der Waals surface area contributed by atoms with Crippen molar-refractivity contribution < 1.29 is 9.53 Å². The van der Waals surface area contributed by atoms with Crippen LogP contribution in [0.3, 0.4) is 0 Å². The van der Waals surface area contributed by atoms with Gasteiger partial charge in [0.05, 0.1) is 13.5 Å². The van der Waals surface area contributed by atoms with Gasteiger partial charge in [0, 0.05) is 22.0 Å². The SMILES string of the molecule is COC(=O)Cc1ccc(CNc2cc(C)cc(C)c2)s1. The number of nitrogens with one attached hydrogen (secondary N) is 1. The minimum Gasteiger partial charge on any atom is -0.469 e. The largest absolute Gasteiger partial charge is 0.469 e. The summed E-state index contributed by atoms with van der Waals surface area (Å²) in [6, 6.07) is 10.5. The molecule has 3 nitrogen and oxygen atoms in total. The summed E-state index contributed by atoms with van der Waals surface area (Å²) >= 11 is 1.64. The van der Waals surface area contributed by atoms with Crippen molar-refractivity contribution in [3.63, 3.8) is 0 Å². The van der Waals surface area contributed by atoms with E-state index in [2.05, 4.69) is 48.2 Å². The Kier molecular flexibility index (Phi) is 4.79. The average molecular weight is 289 g/mol. The van der Waals surface area contributed by atoms with Crippen LogP contribution in [0.4, 0.5) is 5.69 Å². The van der Waals surface area contributed by atoms with E-state index in [0.717, 1.165) is 17.1 Å². The van der Waals surface area contributed by atoms with E-state index in [4.69, 9.17) is 0 Å². The second-order valence-electron chi connectivity index (χ2n) is 4.85. The zero-order valence-electron chi connectivity index (χ0n) is 12.0. The molecule has 4 heteroatoms. The molecule has 20 heavy (non-hydrogen) atoms. The molecular weight excluding hydrogens is 270 g/mol. The van der Waals surface area contributed by atoms with Gasteiger partial charge in [0.25, 0.3) is 0 Å². The summed E-state index contributed by atoms with van der Waals surface area (Å²) in [5.41, 5.74) is 3.64. The maximum absolute atomic E-state index is 11.2. The summed E-state index contributed by atoms with van der Waals surface area (Å²) in [4.78, 5) is 13.5. The highest BCUT2D eigenvalue weighted by Gasteiger charge is 2.06. The normalized spacial score (nSPS) is 10.3. The van der Waals surface area contributed by atoms with Crippen molar-refractivity contribution in [3.8, 4) is 0 Å². The molecule has 0 aliphatic heterocycles. The molecule has 0 spiro atoms. The van der Waals surface area contributed by atoms with E-state index in [9.17, 15) is 4.79 Å². The van der Waals surface area contributed by atoms with Crippen LogP contribution in [-0.2, 0) is 22.5 Å². The van der Waals surface area contributed by atoms with Crippen LogP contribution in [0.15, 0.2) is 30.3 Å². The van der Waals surface area contributed by atoms with E-state index < -0.39 is 0 Å². The van der Waals surface area contributed by atoms with Crippen molar-refractivity contribution in [3.05, 3.63) is 51.2 Å². The van der Waals surface area contributed by atoms with Crippen molar-refractivity contribution in [1.29, 1.82) is 0 Å². The topological polar surface area (TPSA) is 38.3 Å². The van der Waals surface area contributed by atoms with Crippen LogP contribution in [-0.4, -0.2) is 13.1 Å². The molecule has 0 bridgehead atoms. The maximum atomic E-state index is 11.2. The predicted molar refractivity (Wildman–Crippen MR) is 83.3 cm³/mol. The van der Waals surface area contributed by atoms with Crippen molar-refractivity contribution in [2.45, 2.75) is 26.8 Å². The van der Waals surface area contributed by atoms with Crippen molar-refractivity contribution in [1.82, 2.24) is 0 Å². The van der Waals surface area contributed by atoms with Gasteiger partial charge in [0.15, 0.2) is 0 Å². The Balaban J connectivity index is 1.95. The number of ether oxygens (including phenoxy) is 1. The van der Waals surface area contributed by atoms with Gasteiger partial charge in [-0.1, -0.05) is 6.07 Å². The third-order valence-corrected chi connectivity index (χ3v) is 4.04. The lowest BCUT2D eigenvalue weighted by Crippen LogP contribution is -2.02. The number of carbonyl (C=O) groups excluding carboxylic acids is 1. The first kappa shape index (κ1) is 14.6. The van der Waals surface area contributed by atoms with Crippen LogP contribution in [0.25, 0.3) is 0 Å². The van der Waals surface area contributed by atoms with Crippen LogP contribution in [0, 0.1) is 13.8 Å². The molecule has 0 aliphatic rings. The Bertz CT molecular complexity index is 584. The molecule has 1 N–H and O–H groups in total. The molecule has 0 aliphatic carbocycles. The van der Waals surface area contributed by atoms with E-state index in [1.807, 2.05) is 6.07 Å². The number of hydrogen-bond acceptors (Lipinski definition) is 4. The maximum Gasteiger partial charge on any atom is 0.310 e. The van der Waals surface area contributed by atoms with Crippen LogP contribution < -0.4 is 5.32 Å². The number of benzene rings is 1. The van der Waals surface area contributed by atoms with E-state index in [0.29, 0.717) is 6.42 Å². The molecule has 0 radical (unpaired) electrons. The highest BCUT2D eigenvalue weighted by atomic mass is 32.1. The fraction of sp³-hybridized carbons (Fsp3) is 0.312. The molecule has 0 saturated heterocycles. The second-order valence-corrected chi connectivity index (χ2v) is 6.10. The number of rotatable bonds is 5. The van der Waals surface area contributed by atoms with Gasteiger partial charge >= 0.3 is 5.97 Å². The van der Waals surface area contributed by atoms with Gasteiger partial charge in [-0.15, -0.1) is 11.3 Å². The second kappa shape index (κ2) is 6.57. The van der Waals surface area contributed by atoms with Crippen LogP contribution in [0.2, 0.25) is 0 Å². The summed E-state index contributed by atoms with van der Waals surface area (Å²) in [5, 5.41) is 3.42. The minimum atomic E-state index is -0.194. The van der Waals surface area contributed by atoms with Crippen LogP contribution in [0.1, 0.15) is 20.9 Å². The van der Waals surface area contributed by atoms with Crippen molar-refractivity contribution in [2.24, 2.45) is 0 Å². The van der Waals surface area contributed by atoms with Gasteiger partial charge in [0.1, 0.15) is 0 Å². The van der Waals surface area contributed by atoms with Gasteiger partial charge < -0.3 is 10.1 Å². The standard InChI is InChI=1S/C16H19NO2S/c1-11-6-12(2)8-13(7-11)17-10-15-5-4-14(20-15)9-16(18)19-3/h4-8,17H,9-10H2,1-3H3. The third kappa shape index (κ3) is 4.10. The molecule has 1 heterocycles. The molecule has 0 amide bonds. The molecule has 0 saturated carbocycles. The summed E-state index contributed by atoms with van der Waals surface area (Å²) in [6.07, 6.45) is 0.352. The Morgan fingerprint density at radius 3 is 2.45 bits per heavy atom. The Hall–Kier alpha value is -1.81. The smallest absolute Gasteiger partial charge is 0.310 e. The van der Waals surface area contributed by atoms with Gasteiger partial charge in [-0.2, -0.15) is 0 Å². The summed E-state index contributed by atoms with van der Waals surface area (Å²) < 4.78 is 4.67. The highest BCUT2D eigenvalue weighted by Crippen LogP contribution is 2.20. The molecule has 106 valence electrons. The van der Waals surface area contributed by atoms with Gasteiger partial charge in [-0.05, 0) is 49.2 Å². The molecule has 2 rings (SSSR count). The Morgan fingerprint density at radius 2 is 1.80 bits per heavy atom. The van der Waals surface area contributed by atoms with Gasteiger partial charge in [0.2, 0.25) is 0 Å². The average Bonchev–Trinajstić information content (AvgIpc) is 2.83. The fourth-order valence-corrected chi connectivity index (χ4v) is 3.04. The number of carbonyl (C=O) groups is 1. The molecule has 0 unspecified atom stereocenters. The van der Waals surface area contributed by atoms with Crippen molar-refractivity contribution >= 4 is 23.0 Å². The first-order chi connectivity index (χ1) is 9.56. The van der Waals surface area contributed by atoms with E-state index >= 15 is 0 Å². The highest BCUT2D eigenvalue weighted by molar-refractivity contribution is 7.12. The monoisotopic (exact) mass is 289 g/mol. The van der Waals surface area contributed by atoms with E-state index in [1.165, 1.54) is 23.1 Å². The first-order valence-electron chi connectivity index (χ1n) is 6.53. The van der Waals surface area contributed by atoms with E-state index in [-0.39, 0.29) is 5.97 Å². The molecular formula is C16H19NO2S. The number of aryl methyl sites for hydroxylation is 2. The summed E-state index contributed by atoms with van der Waals surface area (Å²) in [5.74, 6) is -0.194. The number of hydrogen-bond donors (Lipinski definition) is 1. The van der Waals surface area contributed by atoms with Crippen molar-refractivity contribution in [2.75, 3.05) is 12.4 Å². The predicted octanol–water partition coefficient (Wildman–Crippen LogP) is 3.69. The molecule has 0 atom stereocenters. The van der Waals surface area contributed by atoms with Crippen LogP contribution >= 0.6 is 11.3 Å². The quantitative estimate of drug-likeness (QED) is 0.853. The number of thiophene rings is 1. The number of methoxy groups -OCH3 is 1. The number of esters is 1. The molecule has 0 fully saturated rings. The Morgan fingerprint density at radius 1 is 1.15 bits per heavy atom. The summed E-state index contributed by atoms with van der Waals surface area (Å²) in [7, 11) is 1.42.